The molecule has 1 aromatic heterocycles. The van der Waals surface area contributed by atoms with E-state index in [1.54, 1.807) is 11.0 Å². The van der Waals surface area contributed by atoms with Crippen molar-refractivity contribution in [2.75, 3.05) is 6.61 Å². The van der Waals surface area contributed by atoms with Gasteiger partial charge in [-0.3, -0.25) is 4.79 Å². The van der Waals surface area contributed by atoms with Crippen LogP contribution in [0.15, 0.2) is 61.2 Å². The van der Waals surface area contributed by atoms with Gasteiger partial charge in [0.25, 0.3) is 5.91 Å². The minimum Gasteiger partial charge on any atom is -0.484 e. The molecule has 25 heavy (non-hydrogen) atoms. The molecule has 3 rings (SSSR count). The monoisotopic (exact) mass is 340 g/mol. The highest BCUT2D eigenvalue weighted by Crippen LogP contribution is 2.10. The number of nitrogens with zero attached hydrogens (tertiary/aromatic N) is 3. The molecule has 1 amide bonds. The third-order valence-electron chi connectivity index (χ3n) is 3.51. The van der Waals surface area contributed by atoms with E-state index in [1.807, 2.05) is 24.3 Å². The van der Waals surface area contributed by atoms with Crippen molar-refractivity contribution in [1.29, 1.82) is 0 Å². The maximum Gasteiger partial charge on any atom is 0.258 e. The molecule has 1 N–H and O–H groups in total. The summed E-state index contributed by atoms with van der Waals surface area (Å²) in [5.74, 6) is -0.130. The predicted molar refractivity (Wildman–Crippen MR) is 89.3 cm³/mol. The standard InChI is InChI=1S/C18H17FN4O2/c19-16-5-7-17(8-6-16)25-11-18(24)21-9-14-1-3-15(4-2-14)10-23-13-20-12-22-23/h1-8,12-13H,9-11H2,(H,21,24). The Morgan fingerprint density at radius 1 is 1.08 bits per heavy atom. The van der Waals surface area contributed by atoms with Crippen molar-refractivity contribution in [3.63, 3.8) is 0 Å². The molecule has 0 aliphatic carbocycles. The molecule has 3 aromatic rings. The maximum absolute atomic E-state index is 12.8. The minimum atomic E-state index is -0.343. The molecule has 128 valence electrons. The Bertz CT molecular complexity index is 802. The van der Waals surface area contributed by atoms with Gasteiger partial charge in [0.15, 0.2) is 6.61 Å². The van der Waals surface area contributed by atoms with Gasteiger partial charge in [-0.15, -0.1) is 0 Å². The topological polar surface area (TPSA) is 69.0 Å². The van der Waals surface area contributed by atoms with E-state index in [0.29, 0.717) is 18.8 Å². The molecule has 0 atom stereocenters. The van der Waals surface area contributed by atoms with Gasteiger partial charge in [0.05, 0.1) is 6.54 Å². The van der Waals surface area contributed by atoms with Crippen LogP contribution in [0.5, 0.6) is 5.75 Å². The smallest absolute Gasteiger partial charge is 0.258 e. The van der Waals surface area contributed by atoms with E-state index in [-0.39, 0.29) is 18.3 Å². The lowest BCUT2D eigenvalue weighted by atomic mass is 10.1. The molecule has 0 aliphatic heterocycles. The molecule has 0 saturated carbocycles. The number of nitrogens with one attached hydrogen (secondary N) is 1. The molecule has 0 aliphatic rings. The van der Waals surface area contributed by atoms with Crippen LogP contribution >= 0.6 is 0 Å². The summed E-state index contributed by atoms with van der Waals surface area (Å²) in [6.45, 7) is 0.948. The Morgan fingerprint density at radius 2 is 1.80 bits per heavy atom. The molecule has 6 nitrogen and oxygen atoms in total. The Morgan fingerprint density at radius 3 is 2.48 bits per heavy atom. The number of hydrogen-bond donors (Lipinski definition) is 1. The fourth-order valence-electron chi connectivity index (χ4n) is 2.20. The van der Waals surface area contributed by atoms with E-state index in [1.165, 1.54) is 30.6 Å². The molecule has 2 aromatic carbocycles. The summed E-state index contributed by atoms with van der Waals surface area (Å²) < 4.78 is 19.8. The van der Waals surface area contributed by atoms with Crippen LogP contribution in [0.3, 0.4) is 0 Å². The summed E-state index contributed by atoms with van der Waals surface area (Å²) >= 11 is 0. The van der Waals surface area contributed by atoms with Crippen LogP contribution in [0.2, 0.25) is 0 Å². The number of carbonyl (C=O) groups excluding carboxylic acids is 1. The summed E-state index contributed by atoms with van der Waals surface area (Å²) in [7, 11) is 0. The van der Waals surface area contributed by atoms with Crippen molar-refractivity contribution in [3.8, 4) is 5.75 Å². The summed E-state index contributed by atoms with van der Waals surface area (Å²) in [6, 6.07) is 13.4. The highest BCUT2D eigenvalue weighted by Gasteiger charge is 2.04. The Kier molecular flexibility index (Phi) is 5.36. The molecular weight excluding hydrogens is 323 g/mol. The van der Waals surface area contributed by atoms with E-state index < -0.39 is 0 Å². The third kappa shape index (κ3) is 5.13. The number of ether oxygens (including phenoxy) is 1. The van der Waals surface area contributed by atoms with Gasteiger partial charge in [0.2, 0.25) is 0 Å². The summed E-state index contributed by atoms with van der Waals surface area (Å²) in [5.41, 5.74) is 2.08. The normalized spacial score (nSPS) is 10.4. The molecule has 0 bridgehead atoms. The van der Waals surface area contributed by atoms with E-state index in [4.69, 9.17) is 4.74 Å². The molecule has 0 unspecified atom stereocenters. The van der Waals surface area contributed by atoms with Crippen molar-refractivity contribution < 1.29 is 13.9 Å². The largest absolute Gasteiger partial charge is 0.484 e. The SMILES string of the molecule is O=C(COc1ccc(F)cc1)NCc1ccc(Cn2cncn2)cc1. The fraction of sp³-hybridized carbons (Fsp3) is 0.167. The number of hydrogen-bond acceptors (Lipinski definition) is 4. The van der Waals surface area contributed by atoms with Crippen LogP contribution in [-0.4, -0.2) is 27.3 Å². The molecule has 0 spiro atoms. The lowest BCUT2D eigenvalue weighted by Crippen LogP contribution is -2.28. The van der Waals surface area contributed by atoms with Crippen LogP contribution < -0.4 is 10.1 Å². The number of benzene rings is 2. The first-order valence-corrected chi connectivity index (χ1v) is 7.74. The van der Waals surface area contributed by atoms with Gasteiger partial charge in [-0.05, 0) is 35.4 Å². The zero-order valence-corrected chi connectivity index (χ0v) is 13.4. The lowest BCUT2D eigenvalue weighted by Gasteiger charge is -2.08. The molecule has 1 heterocycles. The van der Waals surface area contributed by atoms with Crippen LogP contribution in [0, 0.1) is 5.82 Å². The fourth-order valence-corrected chi connectivity index (χ4v) is 2.20. The lowest BCUT2D eigenvalue weighted by molar-refractivity contribution is -0.123. The molecule has 7 heteroatoms. The Hall–Kier alpha value is -3.22. The van der Waals surface area contributed by atoms with Crippen molar-refractivity contribution in [2.24, 2.45) is 0 Å². The first kappa shape index (κ1) is 16.6. The van der Waals surface area contributed by atoms with Gasteiger partial charge < -0.3 is 10.1 Å². The van der Waals surface area contributed by atoms with Crippen molar-refractivity contribution in [1.82, 2.24) is 20.1 Å². The first-order valence-electron chi connectivity index (χ1n) is 7.74. The summed E-state index contributed by atoms with van der Waals surface area (Å²) in [5, 5.41) is 6.84. The van der Waals surface area contributed by atoms with Gasteiger partial charge in [-0.1, -0.05) is 24.3 Å². The van der Waals surface area contributed by atoms with Crippen LogP contribution in [0.4, 0.5) is 4.39 Å². The van der Waals surface area contributed by atoms with Gasteiger partial charge in [0.1, 0.15) is 24.2 Å². The highest BCUT2D eigenvalue weighted by molar-refractivity contribution is 5.77. The number of carbonyl (C=O) groups is 1. The average Bonchev–Trinajstić information content (AvgIpc) is 3.14. The van der Waals surface area contributed by atoms with Crippen LogP contribution in [-0.2, 0) is 17.9 Å². The van der Waals surface area contributed by atoms with Crippen LogP contribution in [0.1, 0.15) is 11.1 Å². The number of aromatic nitrogens is 3. The Labute approximate surface area is 144 Å². The number of rotatable bonds is 7. The van der Waals surface area contributed by atoms with E-state index >= 15 is 0 Å². The number of halogens is 1. The molecule has 0 radical (unpaired) electrons. The second-order valence-electron chi connectivity index (χ2n) is 5.43. The molecule has 0 fully saturated rings. The number of amides is 1. The second kappa shape index (κ2) is 8.05. The third-order valence-corrected chi connectivity index (χ3v) is 3.51. The van der Waals surface area contributed by atoms with Crippen LogP contribution in [0.25, 0.3) is 0 Å². The molecular formula is C18H17FN4O2. The van der Waals surface area contributed by atoms with Crippen molar-refractivity contribution in [3.05, 3.63) is 78.1 Å². The minimum absolute atomic E-state index is 0.115. The highest BCUT2D eigenvalue weighted by atomic mass is 19.1. The quantitative estimate of drug-likeness (QED) is 0.716. The molecule has 0 saturated heterocycles. The maximum atomic E-state index is 12.8. The zero-order chi connectivity index (χ0) is 17.5. The predicted octanol–water partition coefficient (Wildman–Crippen LogP) is 2.16. The Balaban J connectivity index is 1.43. The zero-order valence-electron chi connectivity index (χ0n) is 13.4. The second-order valence-corrected chi connectivity index (χ2v) is 5.43. The summed E-state index contributed by atoms with van der Waals surface area (Å²) in [6.07, 6.45) is 3.16. The van der Waals surface area contributed by atoms with Gasteiger partial charge in [0, 0.05) is 6.54 Å². The van der Waals surface area contributed by atoms with Gasteiger partial charge >= 0.3 is 0 Å². The summed E-state index contributed by atoms with van der Waals surface area (Å²) in [4.78, 5) is 15.7. The average molecular weight is 340 g/mol. The van der Waals surface area contributed by atoms with Crippen molar-refractivity contribution in [2.45, 2.75) is 13.1 Å². The van der Waals surface area contributed by atoms with E-state index in [2.05, 4.69) is 15.4 Å². The first-order chi connectivity index (χ1) is 12.2. The van der Waals surface area contributed by atoms with E-state index in [0.717, 1.165) is 11.1 Å². The van der Waals surface area contributed by atoms with Crippen molar-refractivity contribution >= 4 is 5.91 Å². The van der Waals surface area contributed by atoms with Gasteiger partial charge in [-0.2, -0.15) is 5.10 Å². The van der Waals surface area contributed by atoms with E-state index in [9.17, 15) is 9.18 Å². The van der Waals surface area contributed by atoms with Gasteiger partial charge in [-0.25, -0.2) is 14.1 Å².